The highest BCUT2D eigenvalue weighted by Gasteiger charge is 2.32. The Balaban J connectivity index is 1.64. The number of amides is 4. The second-order valence-electron chi connectivity index (χ2n) is 9.95. The van der Waals surface area contributed by atoms with Gasteiger partial charge in [0.2, 0.25) is 17.6 Å². The van der Waals surface area contributed by atoms with Crippen molar-refractivity contribution in [3.05, 3.63) is 102 Å². The number of nitrogens with zero attached hydrogens (tertiary/aromatic N) is 1. The predicted octanol–water partition coefficient (Wildman–Crippen LogP) is 1.95. The number of pyridine rings is 1. The minimum atomic E-state index is -1.10. The Labute approximate surface area is 239 Å². The van der Waals surface area contributed by atoms with Gasteiger partial charge >= 0.3 is 0 Å². The molecule has 0 bridgehead atoms. The van der Waals surface area contributed by atoms with Crippen molar-refractivity contribution in [1.82, 2.24) is 26.3 Å². The largest absolute Gasteiger partial charge is 0.345 e. The number of ketones is 1. The molecule has 0 aliphatic carbocycles. The predicted molar refractivity (Wildman–Crippen MR) is 153 cm³/mol. The highest BCUT2D eigenvalue weighted by Crippen LogP contribution is 2.08. The molecule has 0 aliphatic heterocycles. The molecule has 0 saturated heterocycles. The molecule has 0 saturated carbocycles. The first kappa shape index (κ1) is 30.7. The van der Waals surface area contributed by atoms with Crippen LogP contribution in [0.4, 0.5) is 0 Å². The van der Waals surface area contributed by atoms with Gasteiger partial charge in [-0.25, -0.2) is 0 Å². The van der Waals surface area contributed by atoms with Gasteiger partial charge in [-0.1, -0.05) is 68.4 Å². The summed E-state index contributed by atoms with van der Waals surface area (Å²) in [4.78, 5) is 68.5. The van der Waals surface area contributed by atoms with Crippen molar-refractivity contribution >= 4 is 29.4 Å². The maximum atomic E-state index is 13.3. The zero-order valence-corrected chi connectivity index (χ0v) is 23.3. The lowest BCUT2D eigenvalue weighted by Gasteiger charge is -2.25. The van der Waals surface area contributed by atoms with Crippen molar-refractivity contribution in [3.63, 3.8) is 0 Å². The fourth-order valence-corrected chi connectivity index (χ4v) is 4.00. The number of Topliss-reactive ketones (excluding diaryl/α,β-unsaturated/α-hetero) is 1. The minimum absolute atomic E-state index is 0.112. The molecule has 3 atom stereocenters. The van der Waals surface area contributed by atoms with E-state index in [2.05, 4.69) is 26.3 Å². The second kappa shape index (κ2) is 15.1. The number of carbonyl (C=O) groups is 5. The topological polar surface area (TPSA) is 146 Å². The van der Waals surface area contributed by atoms with Crippen LogP contribution < -0.4 is 21.3 Å². The average molecular weight is 558 g/mol. The number of rotatable bonds is 13. The Morgan fingerprint density at radius 3 is 1.98 bits per heavy atom. The lowest BCUT2D eigenvalue weighted by Crippen LogP contribution is -2.57. The Bertz CT molecular complexity index is 1330. The van der Waals surface area contributed by atoms with Crippen LogP contribution in [0.3, 0.4) is 0 Å². The standard InChI is InChI=1S/C31H35N5O5/c1-20(2)26(27(37)31(41)33-19-23-13-10-16-32-18-23)36-28(38)21(3)34-30(40)25(17-22-11-6-4-7-12-22)35-29(39)24-14-8-5-9-15-24/h4-16,18,20-21,25-26H,17,19H2,1-3H3,(H,33,41)(H,34,40)(H,35,39)(H,36,38)/t21-,25-,26?/m0/s1. The third kappa shape index (κ3) is 9.38. The molecule has 41 heavy (non-hydrogen) atoms. The molecule has 3 aromatic rings. The van der Waals surface area contributed by atoms with Crippen molar-refractivity contribution in [2.75, 3.05) is 0 Å². The van der Waals surface area contributed by atoms with Gasteiger partial charge in [-0.2, -0.15) is 0 Å². The summed E-state index contributed by atoms with van der Waals surface area (Å²) in [5.74, 6) is -3.67. The van der Waals surface area contributed by atoms with Crippen molar-refractivity contribution in [2.45, 2.75) is 51.9 Å². The Morgan fingerprint density at radius 2 is 1.37 bits per heavy atom. The smallest absolute Gasteiger partial charge is 0.289 e. The van der Waals surface area contributed by atoms with E-state index in [1.807, 2.05) is 30.3 Å². The Morgan fingerprint density at radius 1 is 0.732 bits per heavy atom. The van der Waals surface area contributed by atoms with Crippen LogP contribution in [0.15, 0.2) is 85.2 Å². The number of hydrogen-bond acceptors (Lipinski definition) is 6. The molecule has 3 rings (SSSR count). The van der Waals surface area contributed by atoms with Crippen LogP contribution >= 0.6 is 0 Å². The monoisotopic (exact) mass is 557 g/mol. The van der Waals surface area contributed by atoms with Crippen LogP contribution in [-0.2, 0) is 32.1 Å². The average Bonchev–Trinajstić information content (AvgIpc) is 2.99. The van der Waals surface area contributed by atoms with E-state index in [0.29, 0.717) is 5.56 Å². The molecule has 10 heteroatoms. The first-order valence-electron chi connectivity index (χ1n) is 13.4. The Kier molecular flexibility index (Phi) is 11.3. The zero-order valence-electron chi connectivity index (χ0n) is 23.3. The molecule has 0 radical (unpaired) electrons. The summed E-state index contributed by atoms with van der Waals surface area (Å²) in [6, 6.07) is 18.0. The highest BCUT2D eigenvalue weighted by molar-refractivity contribution is 6.38. The van der Waals surface area contributed by atoms with Gasteiger partial charge in [-0.3, -0.25) is 29.0 Å². The summed E-state index contributed by atoms with van der Waals surface area (Å²) in [6.45, 7) is 4.99. The lowest BCUT2D eigenvalue weighted by molar-refractivity contribution is -0.141. The molecule has 0 fully saturated rings. The third-order valence-electron chi connectivity index (χ3n) is 6.34. The van der Waals surface area contributed by atoms with E-state index >= 15 is 0 Å². The van der Waals surface area contributed by atoms with Gasteiger partial charge < -0.3 is 21.3 Å². The second-order valence-corrected chi connectivity index (χ2v) is 9.95. The number of hydrogen-bond donors (Lipinski definition) is 4. The molecule has 4 amide bonds. The van der Waals surface area contributed by atoms with Crippen LogP contribution in [-0.4, -0.2) is 52.5 Å². The molecule has 2 aromatic carbocycles. The van der Waals surface area contributed by atoms with Gasteiger partial charge in [-0.05, 0) is 42.2 Å². The molecular formula is C31H35N5O5. The summed E-state index contributed by atoms with van der Waals surface area (Å²) >= 11 is 0. The molecule has 0 aliphatic rings. The maximum Gasteiger partial charge on any atom is 0.289 e. The van der Waals surface area contributed by atoms with E-state index in [1.54, 1.807) is 68.7 Å². The van der Waals surface area contributed by atoms with Crippen LogP contribution in [0, 0.1) is 5.92 Å². The van der Waals surface area contributed by atoms with Crippen molar-refractivity contribution in [2.24, 2.45) is 5.92 Å². The lowest BCUT2D eigenvalue weighted by atomic mass is 9.98. The fourth-order valence-electron chi connectivity index (χ4n) is 4.00. The molecule has 214 valence electrons. The van der Waals surface area contributed by atoms with Gasteiger partial charge in [0.15, 0.2) is 0 Å². The minimum Gasteiger partial charge on any atom is -0.345 e. The van der Waals surface area contributed by atoms with Crippen LogP contribution in [0.2, 0.25) is 0 Å². The molecule has 1 heterocycles. The number of nitrogens with one attached hydrogen (secondary N) is 4. The Hall–Kier alpha value is -4.86. The molecular weight excluding hydrogens is 522 g/mol. The fraction of sp³-hybridized carbons (Fsp3) is 0.290. The molecule has 4 N–H and O–H groups in total. The zero-order chi connectivity index (χ0) is 29.8. The summed E-state index contributed by atoms with van der Waals surface area (Å²) in [5, 5.41) is 10.5. The SMILES string of the molecule is CC(C)C(NC(=O)[C@H](C)NC(=O)[C@H](Cc1ccccc1)NC(=O)c1ccccc1)C(=O)C(=O)NCc1cccnc1. The first-order chi connectivity index (χ1) is 19.7. The number of benzene rings is 2. The van der Waals surface area contributed by atoms with E-state index in [9.17, 15) is 24.0 Å². The molecule has 0 spiro atoms. The quantitative estimate of drug-likeness (QED) is 0.236. The highest BCUT2D eigenvalue weighted by atomic mass is 16.2. The van der Waals surface area contributed by atoms with E-state index in [-0.39, 0.29) is 13.0 Å². The van der Waals surface area contributed by atoms with Gasteiger partial charge in [-0.15, -0.1) is 0 Å². The van der Waals surface area contributed by atoms with E-state index in [1.165, 1.54) is 6.92 Å². The first-order valence-corrected chi connectivity index (χ1v) is 13.4. The third-order valence-corrected chi connectivity index (χ3v) is 6.34. The van der Waals surface area contributed by atoms with Crippen molar-refractivity contribution < 1.29 is 24.0 Å². The van der Waals surface area contributed by atoms with E-state index < -0.39 is 53.5 Å². The van der Waals surface area contributed by atoms with E-state index in [0.717, 1.165) is 11.1 Å². The van der Waals surface area contributed by atoms with Gasteiger partial charge in [0.1, 0.15) is 12.1 Å². The van der Waals surface area contributed by atoms with Gasteiger partial charge in [0.05, 0.1) is 6.04 Å². The van der Waals surface area contributed by atoms with Gasteiger partial charge in [0.25, 0.3) is 11.8 Å². The number of carbonyl (C=O) groups excluding carboxylic acids is 5. The maximum absolute atomic E-state index is 13.3. The van der Waals surface area contributed by atoms with Crippen molar-refractivity contribution in [3.8, 4) is 0 Å². The summed E-state index contributed by atoms with van der Waals surface area (Å²) in [7, 11) is 0. The summed E-state index contributed by atoms with van der Waals surface area (Å²) < 4.78 is 0. The van der Waals surface area contributed by atoms with Crippen LogP contribution in [0.25, 0.3) is 0 Å². The summed E-state index contributed by atoms with van der Waals surface area (Å²) in [5.41, 5.74) is 1.93. The number of aromatic nitrogens is 1. The summed E-state index contributed by atoms with van der Waals surface area (Å²) in [6.07, 6.45) is 3.37. The van der Waals surface area contributed by atoms with E-state index in [4.69, 9.17) is 0 Å². The van der Waals surface area contributed by atoms with Gasteiger partial charge in [0, 0.05) is 30.9 Å². The molecule has 1 aromatic heterocycles. The molecule has 1 unspecified atom stereocenters. The van der Waals surface area contributed by atoms with Crippen LogP contribution in [0.5, 0.6) is 0 Å². The van der Waals surface area contributed by atoms with Crippen LogP contribution in [0.1, 0.15) is 42.3 Å². The van der Waals surface area contributed by atoms with Crippen molar-refractivity contribution in [1.29, 1.82) is 0 Å². The normalized spacial score (nSPS) is 12.9. The molecule has 10 nitrogen and oxygen atoms in total.